The number of furan rings is 1. The number of carbonyl (C=O) groups is 1. The van der Waals surface area contributed by atoms with Crippen molar-refractivity contribution in [2.24, 2.45) is 0 Å². The summed E-state index contributed by atoms with van der Waals surface area (Å²) in [7, 11) is 0. The second kappa shape index (κ2) is 7.06. The molecule has 6 nitrogen and oxygen atoms in total. The minimum atomic E-state index is -0.583. The number of amides is 1. The van der Waals surface area contributed by atoms with Gasteiger partial charge in [0.15, 0.2) is 0 Å². The van der Waals surface area contributed by atoms with Crippen molar-refractivity contribution < 1.29 is 19.1 Å². The lowest BCUT2D eigenvalue weighted by Gasteiger charge is -2.28. The van der Waals surface area contributed by atoms with Gasteiger partial charge in [-0.25, -0.2) is 0 Å². The Morgan fingerprint density at radius 1 is 1.29 bits per heavy atom. The number of aryl methyl sites for hydroxylation is 2. The van der Waals surface area contributed by atoms with Crippen molar-refractivity contribution in [2.45, 2.75) is 26.9 Å². The normalized spacial score (nSPS) is 17.7. The van der Waals surface area contributed by atoms with E-state index < -0.39 is 6.10 Å². The average Bonchev–Trinajstić information content (AvgIpc) is 2.71. The van der Waals surface area contributed by atoms with Gasteiger partial charge in [0.2, 0.25) is 0 Å². The van der Waals surface area contributed by atoms with Crippen LogP contribution in [0.1, 0.15) is 27.4 Å². The number of β-amino-alcohol motifs (C(OH)–C–C–N with tert-alkyl or cyclic N) is 1. The zero-order valence-electron chi connectivity index (χ0n) is 12.9. The lowest BCUT2D eigenvalue weighted by molar-refractivity contribution is 0.0149. The van der Waals surface area contributed by atoms with Gasteiger partial charge in [-0.3, -0.25) is 9.69 Å². The highest BCUT2D eigenvalue weighted by molar-refractivity contribution is 5.96. The lowest BCUT2D eigenvalue weighted by Crippen LogP contribution is -2.44. The van der Waals surface area contributed by atoms with Gasteiger partial charge in [-0.05, 0) is 20.8 Å². The predicted octanol–water partition coefficient (Wildman–Crippen LogP) is 0.628. The molecule has 1 fully saturated rings. The average molecular weight is 296 g/mol. The molecule has 1 aromatic rings. The van der Waals surface area contributed by atoms with Gasteiger partial charge in [-0.2, -0.15) is 0 Å². The standard InChI is InChI=1S/C15H24N2O4/c1-10-11(2)21-12(3)14(10)15(19)16-8-13(18)9-17-4-6-20-7-5-17/h13,18H,4-9H2,1-3H3,(H,16,19). The van der Waals surface area contributed by atoms with E-state index in [9.17, 15) is 9.90 Å². The van der Waals surface area contributed by atoms with Gasteiger partial charge in [0.05, 0.1) is 24.9 Å². The van der Waals surface area contributed by atoms with Gasteiger partial charge in [0, 0.05) is 31.7 Å². The Bertz CT molecular complexity index is 492. The topological polar surface area (TPSA) is 74.9 Å². The van der Waals surface area contributed by atoms with Gasteiger partial charge in [-0.1, -0.05) is 0 Å². The third-order valence-corrected chi connectivity index (χ3v) is 3.86. The molecule has 0 radical (unpaired) electrons. The maximum Gasteiger partial charge on any atom is 0.255 e. The van der Waals surface area contributed by atoms with Gasteiger partial charge < -0.3 is 19.6 Å². The van der Waals surface area contributed by atoms with Crippen LogP contribution in [0.25, 0.3) is 0 Å². The molecule has 1 amide bonds. The SMILES string of the molecule is Cc1oc(C)c(C(=O)NCC(O)CN2CCOCC2)c1C. The Morgan fingerprint density at radius 2 is 1.95 bits per heavy atom. The van der Waals surface area contributed by atoms with E-state index in [2.05, 4.69) is 10.2 Å². The van der Waals surface area contributed by atoms with Gasteiger partial charge in [0.25, 0.3) is 5.91 Å². The van der Waals surface area contributed by atoms with E-state index in [-0.39, 0.29) is 12.5 Å². The summed E-state index contributed by atoms with van der Waals surface area (Å²) in [5.74, 6) is 1.18. The minimum absolute atomic E-state index is 0.192. The van der Waals surface area contributed by atoms with Gasteiger partial charge in [0.1, 0.15) is 11.5 Å². The molecule has 0 spiro atoms. The highest BCUT2D eigenvalue weighted by Crippen LogP contribution is 2.20. The van der Waals surface area contributed by atoms with Gasteiger partial charge in [-0.15, -0.1) is 0 Å². The molecule has 2 heterocycles. The zero-order chi connectivity index (χ0) is 15.4. The van der Waals surface area contributed by atoms with Crippen molar-refractivity contribution in [3.63, 3.8) is 0 Å². The Balaban J connectivity index is 1.83. The maximum absolute atomic E-state index is 12.2. The molecule has 1 atom stereocenters. The van der Waals surface area contributed by atoms with Crippen LogP contribution in [0.15, 0.2) is 4.42 Å². The molecule has 1 aromatic heterocycles. The number of nitrogens with one attached hydrogen (secondary N) is 1. The Morgan fingerprint density at radius 3 is 2.52 bits per heavy atom. The van der Waals surface area contributed by atoms with Crippen LogP contribution < -0.4 is 5.32 Å². The number of aliphatic hydroxyl groups excluding tert-OH is 1. The minimum Gasteiger partial charge on any atom is -0.466 e. The molecule has 0 aliphatic carbocycles. The molecule has 118 valence electrons. The van der Waals surface area contributed by atoms with Crippen LogP contribution >= 0.6 is 0 Å². The molecular formula is C15H24N2O4. The zero-order valence-corrected chi connectivity index (χ0v) is 12.9. The highest BCUT2D eigenvalue weighted by Gasteiger charge is 2.20. The number of hydrogen-bond acceptors (Lipinski definition) is 5. The first-order chi connectivity index (χ1) is 9.99. The fraction of sp³-hybridized carbons (Fsp3) is 0.667. The summed E-state index contributed by atoms with van der Waals surface area (Å²) in [5.41, 5.74) is 1.43. The highest BCUT2D eigenvalue weighted by atomic mass is 16.5. The van der Waals surface area contributed by atoms with Gasteiger partial charge >= 0.3 is 0 Å². The van der Waals surface area contributed by atoms with Crippen LogP contribution in [0.5, 0.6) is 0 Å². The first kappa shape index (κ1) is 16.0. The number of nitrogens with zero attached hydrogens (tertiary/aromatic N) is 1. The monoisotopic (exact) mass is 296 g/mol. The number of rotatable bonds is 5. The molecule has 0 aromatic carbocycles. The fourth-order valence-corrected chi connectivity index (χ4v) is 2.57. The summed E-state index contributed by atoms with van der Waals surface area (Å²) in [6.45, 7) is 9.31. The Labute approximate surface area is 125 Å². The first-order valence-electron chi connectivity index (χ1n) is 7.32. The summed E-state index contributed by atoms with van der Waals surface area (Å²) in [4.78, 5) is 14.3. The van der Waals surface area contributed by atoms with E-state index in [1.165, 1.54) is 0 Å². The molecule has 1 aliphatic heterocycles. The van der Waals surface area contributed by atoms with Crippen molar-refractivity contribution in [1.29, 1.82) is 0 Å². The van der Waals surface area contributed by atoms with Crippen LogP contribution in [0.2, 0.25) is 0 Å². The van der Waals surface area contributed by atoms with Crippen LogP contribution in [0.4, 0.5) is 0 Å². The maximum atomic E-state index is 12.2. The third-order valence-electron chi connectivity index (χ3n) is 3.86. The summed E-state index contributed by atoms with van der Waals surface area (Å²) >= 11 is 0. The van der Waals surface area contributed by atoms with Crippen molar-refractivity contribution in [3.05, 3.63) is 22.6 Å². The summed E-state index contributed by atoms with van der Waals surface area (Å²) in [5, 5.41) is 12.8. The van der Waals surface area contributed by atoms with E-state index >= 15 is 0 Å². The molecule has 2 N–H and O–H groups in total. The number of hydrogen-bond donors (Lipinski definition) is 2. The lowest BCUT2D eigenvalue weighted by atomic mass is 10.1. The molecule has 1 unspecified atom stereocenters. The molecule has 21 heavy (non-hydrogen) atoms. The van der Waals surface area contributed by atoms with Crippen LogP contribution in [0, 0.1) is 20.8 Å². The number of aliphatic hydroxyl groups is 1. The molecule has 6 heteroatoms. The largest absolute Gasteiger partial charge is 0.466 e. The van der Waals surface area contributed by atoms with Crippen molar-refractivity contribution in [3.8, 4) is 0 Å². The van der Waals surface area contributed by atoms with E-state index in [4.69, 9.17) is 9.15 Å². The Hall–Kier alpha value is -1.37. The Kier molecular flexibility index (Phi) is 5.39. The fourth-order valence-electron chi connectivity index (χ4n) is 2.57. The molecule has 1 aliphatic rings. The predicted molar refractivity (Wildman–Crippen MR) is 78.5 cm³/mol. The van der Waals surface area contributed by atoms with Crippen molar-refractivity contribution in [1.82, 2.24) is 10.2 Å². The van der Waals surface area contributed by atoms with Crippen LogP contribution in [0.3, 0.4) is 0 Å². The van der Waals surface area contributed by atoms with E-state index in [0.717, 1.165) is 24.4 Å². The van der Waals surface area contributed by atoms with Crippen molar-refractivity contribution >= 4 is 5.91 Å². The molecule has 0 saturated carbocycles. The molecular weight excluding hydrogens is 272 g/mol. The van der Waals surface area contributed by atoms with Crippen LogP contribution in [-0.4, -0.2) is 61.4 Å². The van der Waals surface area contributed by atoms with E-state index in [0.29, 0.717) is 31.1 Å². The van der Waals surface area contributed by atoms with Crippen molar-refractivity contribution in [2.75, 3.05) is 39.4 Å². The smallest absolute Gasteiger partial charge is 0.255 e. The molecule has 1 saturated heterocycles. The molecule has 2 rings (SSSR count). The second-order valence-electron chi connectivity index (χ2n) is 5.49. The number of ether oxygens (including phenoxy) is 1. The number of carbonyl (C=O) groups excluding carboxylic acids is 1. The summed E-state index contributed by atoms with van der Waals surface area (Å²) in [6.07, 6.45) is -0.583. The molecule has 0 bridgehead atoms. The number of morpholine rings is 1. The van der Waals surface area contributed by atoms with E-state index in [1.807, 2.05) is 13.8 Å². The summed E-state index contributed by atoms with van der Waals surface area (Å²) in [6, 6.07) is 0. The second-order valence-corrected chi connectivity index (χ2v) is 5.49. The van der Waals surface area contributed by atoms with E-state index in [1.54, 1.807) is 6.92 Å². The summed E-state index contributed by atoms with van der Waals surface area (Å²) < 4.78 is 10.7. The first-order valence-corrected chi connectivity index (χ1v) is 7.32. The third kappa shape index (κ3) is 4.06. The van der Waals surface area contributed by atoms with Crippen LogP contribution in [-0.2, 0) is 4.74 Å². The quantitative estimate of drug-likeness (QED) is 0.833.